The van der Waals surface area contributed by atoms with Crippen molar-refractivity contribution >= 4 is 28.7 Å². The molecule has 1 aromatic carbocycles. The number of hydrogen-bond donors (Lipinski definition) is 0. The largest absolute Gasteiger partial charge is 0.299 e. The highest BCUT2D eigenvalue weighted by Crippen LogP contribution is 2.19. The fourth-order valence-electron chi connectivity index (χ4n) is 1.65. The second-order valence-corrected chi connectivity index (χ2v) is 5.43. The molecule has 1 aromatic heterocycles. The van der Waals surface area contributed by atoms with Crippen LogP contribution in [0.5, 0.6) is 0 Å². The highest BCUT2D eigenvalue weighted by atomic mass is 35.5. The Hall–Kier alpha value is -1.26. The summed E-state index contributed by atoms with van der Waals surface area (Å²) in [6, 6.07) is 4.68. The molecular weight excluding hydrogens is 273 g/mol. The zero-order valence-electron chi connectivity index (χ0n) is 9.74. The first-order valence-corrected chi connectivity index (χ1v) is 6.67. The molecule has 2 rings (SSSR count). The maximum absolute atomic E-state index is 13.6. The quantitative estimate of drug-likeness (QED) is 0.858. The number of carbonyl (C=O) groups excluding carboxylic acids is 1. The number of rotatable bonds is 4. The molecule has 0 radical (unpaired) electrons. The van der Waals surface area contributed by atoms with Gasteiger partial charge in [-0.15, -0.1) is 11.3 Å². The van der Waals surface area contributed by atoms with E-state index in [1.807, 2.05) is 12.3 Å². The van der Waals surface area contributed by atoms with E-state index in [0.29, 0.717) is 5.56 Å². The van der Waals surface area contributed by atoms with Crippen molar-refractivity contribution in [3.63, 3.8) is 0 Å². The average molecular weight is 284 g/mol. The molecule has 0 saturated carbocycles. The predicted octanol–water partition coefficient (Wildman–Crippen LogP) is 3.60. The number of benzene rings is 1. The van der Waals surface area contributed by atoms with E-state index < -0.39 is 5.82 Å². The van der Waals surface area contributed by atoms with E-state index in [9.17, 15) is 9.18 Å². The molecule has 0 saturated heterocycles. The molecule has 94 valence electrons. The lowest BCUT2D eigenvalue weighted by Crippen LogP contribution is -2.08. The van der Waals surface area contributed by atoms with Crippen LogP contribution in [0.2, 0.25) is 5.02 Å². The van der Waals surface area contributed by atoms with Crippen LogP contribution in [-0.4, -0.2) is 10.8 Å². The standard InChI is InChI=1S/C13H11ClFNOS/c1-8-16-10(7-18-8)6-11(17)5-9-3-2-4-12(14)13(9)15/h2-4,7H,5-6H2,1H3. The zero-order chi connectivity index (χ0) is 13.1. The number of carbonyl (C=O) groups is 1. The van der Waals surface area contributed by atoms with E-state index >= 15 is 0 Å². The van der Waals surface area contributed by atoms with E-state index in [1.54, 1.807) is 12.1 Å². The van der Waals surface area contributed by atoms with Crippen LogP contribution >= 0.6 is 22.9 Å². The van der Waals surface area contributed by atoms with E-state index in [4.69, 9.17) is 11.6 Å². The maximum Gasteiger partial charge on any atom is 0.145 e. The normalized spacial score (nSPS) is 10.6. The number of halogens is 2. The summed E-state index contributed by atoms with van der Waals surface area (Å²) >= 11 is 7.16. The number of aryl methyl sites for hydroxylation is 1. The van der Waals surface area contributed by atoms with Crippen molar-refractivity contribution in [2.24, 2.45) is 0 Å². The molecular formula is C13H11ClFNOS. The minimum Gasteiger partial charge on any atom is -0.299 e. The first-order valence-electron chi connectivity index (χ1n) is 5.42. The van der Waals surface area contributed by atoms with Gasteiger partial charge in [-0.1, -0.05) is 23.7 Å². The summed E-state index contributed by atoms with van der Waals surface area (Å²) in [6.07, 6.45) is 0.277. The summed E-state index contributed by atoms with van der Waals surface area (Å²) < 4.78 is 13.6. The van der Waals surface area contributed by atoms with Gasteiger partial charge in [-0.2, -0.15) is 0 Å². The number of ketones is 1. The zero-order valence-corrected chi connectivity index (χ0v) is 11.3. The van der Waals surface area contributed by atoms with Crippen molar-refractivity contribution in [2.45, 2.75) is 19.8 Å². The van der Waals surface area contributed by atoms with E-state index in [-0.39, 0.29) is 23.6 Å². The third-order valence-electron chi connectivity index (χ3n) is 2.46. The van der Waals surface area contributed by atoms with Crippen LogP contribution in [0.15, 0.2) is 23.6 Å². The van der Waals surface area contributed by atoms with Crippen molar-refractivity contribution in [3.8, 4) is 0 Å². The van der Waals surface area contributed by atoms with E-state index in [1.165, 1.54) is 17.4 Å². The Morgan fingerprint density at radius 2 is 2.22 bits per heavy atom. The summed E-state index contributed by atoms with van der Waals surface area (Å²) in [5.41, 5.74) is 1.07. The molecule has 0 unspecified atom stereocenters. The van der Waals surface area contributed by atoms with Gasteiger partial charge in [0.05, 0.1) is 15.7 Å². The summed E-state index contributed by atoms with van der Waals surface area (Å²) in [5.74, 6) is -0.580. The first kappa shape index (κ1) is 13.2. The van der Waals surface area contributed by atoms with Crippen LogP contribution in [-0.2, 0) is 17.6 Å². The predicted molar refractivity (Wildman–Crippen MR) is 70.7 cm³/mol. The molecule has 18 heavy (non-hydrogen) atoms. The molecule has 5 heteroatoms. The van der Waals surface area contributed by atoms with Gasteiger partial charge in [-0.3, -0.25) is 4.79 Å². The van der Waals surface area contributed by atoms with Crippen LogP contribution < -0.4 is 0 Å². The number of thiazole rings is 1. The van der Waals surface area contributed by atoms with Crippen molar-refractivity contribution in [1.29, 1.82) is 0 Å². The number of nitrogens with zero attached hydrogens (tertiary/aromatic N) is 1. The van der Waals surface area contributed by atoms with Gasteiger partial charge in [0.1, 0.15) is 11.6 Å². The maximum atomic E-state index is 13.6. The number of aromatic nitrogens is 1. The molecule has 2 nitrogen and oxygen atoms in total. The Morgan fingerprint density at radius 1 is 1.44 bits per heavy atom. The molecule has 0 bridgehead atoms. The summed E-state index contributed by atoms with van der Waals surface area (Å²) in [7, 11) is 0. The molecule has 0 atom stereocenters. The molecule has 0 N–H and O–H groups in total. The fourth-order valence-corrected chi connectivity index (χ4v) is 2.46. The highest BCUT2D eigenvalue weighted by Gasteiger charge is 2.12. The van der Waals surface area contributed by atoms with E-state index in [0.717, 1.165) is 10.7 Å². The third kappa shape index (κ3) is 3.15. The molecule has 0 aliphatic rings. The third-order valence-corrected chi connectivity index (χ3v) is 3.58. The van der Waals surface area contributed by atoms with Crippen molar-refractivity contribution in [3.05, 3.63) is 50.7 Å². The van der Waals surface area contributed by atoms with Crippen LogP contribution in [0.1, 0.15) is 16.3 Å². The topological polar surface area (TPSA) is 30.0 Å². The Kier molecular flexibility index (Phi) is 4.09. The number of hydrogen-bond acceptors (Lipinski definition) is 3. The molecule has 0 fully saturated rings. The monoisotopic (exact) mass is 283 g/mol. The van der Waals surface area contributed by atoms with Gasteiger partial charge in [0, 0.05) is 18.2 Å². The molecule has 0 spiro atoms. The van der Waals surface area contributed by atoms with Gasteiger partial charge in [-0.25, -0.2) is 9.37 Å². The van der Waals surface area contributed by atoms with Gasteiger partial charge >= 0.3 is 0 Å². The molecule has 1 heterocycles. The molecule has 0 amide bonds. The van der Waals surface area contributed by atoms with Crippen LogP contribution in [0, 0.1) is 12.7 Å². The highest BCUT2D eigenvalue weighted by molar-refractivity contribution is 7.09. The summed E-state index contributed by atoms with van der Waals surface area (Å²) in [5, 5.41) is 2.82. The first-order chi connectivity index (χ1) is 8.56. The smallest absolute Gasteiger partial charge is 0.145 e. The fraction of sp³-hybridized carbons (Fsp3) is 0.231. The van der Waals surface area contributed by atoms with Crippen LogP contribution in [0.25, 0.3) is 0 Å². The van der Waals surface area contributed by atoms with Crippen molar-refractivity contribution < 1.29 is 9.18 Å². The lowest BCUT2D eigenvalue weighted by atomic mass is 10.1. The SMILES string of the molecule is Cc1nc(CC(=O)Cc2cccc(Cl)c2F)cs1. The second kappa shape index (κ2) is 5.59. The average Bonchev–Trinajstić information content (AvgIpc) is 2.70. The lowest BCUT2D eigenvalue weighted by Gasteiger charge is -2.03. The van der Waals surface area contributed by atoms with Gasteiger partial charge in [0.15, 0.2) is 0 Å². The van der Waals surface area contributed by atoms with E-state index in [2.05, 4.69) is 4.98 Å². The van der Waals surface area contributed by atoms with Gasteiger partial charge < -0.3 is 0 Å². The minimum atomic E-state index is -0.512. The Morgan fingerprint density at radius 3 is 2.89 bits per heavy atom. The Labute approximate surface area is 113 Å². The van der Waals surface area contributed by atoms with Crippen LogP contribution in [0.4, 0.5) is 4.39 Å². The minimum absolute atomic E-state index is 0.0446. The molecule has 0 aliphatic heterocycles. The van der Waals surface area contributed by atoms with Gasteiger partial charge in [-0.05, 0) is 18.6 Å². The summed E-state index contributed by atoms with van der Waals surface area (Å²) in [6.45, 7) is 1.88. The number of Topliss-reactive ketones (excluding diaryl/α,β-unsaturated/α-hetero) is 1. The lowest BCUT2D eigenvalue weighted by molar-refractivity contribution is -0.117. The van der Waals surface area contributed by atoms with Gasteiger partial charge in [0.2, 0.25) is 0 Å². The molecule has 2 aromatic rings. The van der Waals surface area contributed by atoms with Crippen molar-refractivity contribution in [1.82, 2.24) is 4.98 Å². The van der Waals surface area contributed by atoms with Crippen LogP contribution in [0.3, 0.4) is 0 Å². The molecule has 0 aliphatic carbocycles. The van der Waals surface area contributed by atoms with Gasteiger partial charge in [0.25, 0.3) is 0 Å². The Bertz CT molecular complexity index is 582. The second-order valence-electron chi connectivity index (χ2n) is 3.96. The van der Waals surface area contributed by atoms with Crippen molar-refractivity contribution in [2.75, 3.05) is 0 Å². The Balaban J connectivity index is 2.05. The summed E-state index contributed by atoms with van der Waals surface area (Å²) in [4.78, 5) is 16.0.